The first kappa shape index (κ1) is 43.2. The highest BCUT2D eigenvalue weighted by atomic mass is 79.9. The number of anilines is 2. The van der Waals surface area contributed by atoms with E-state index in [-0.39, 0.29) is 40.3 Å². The lowest BCUT2D eigenvalue weighted by Crippen LogP contribution is -2.54. The average Bonchev–Trinajstić information content (AvgIpc) is 3.86. The number of hydrogen-bond acceptors (Lipinski definition) is 12. The van der Waals surface area contributed by atoms with E-state index in [1.165, 1.54) is 11.6 Å². The highest BCUT2D eigenvalue weighted by Crippen LogP contribution is 2.45. The first-order valence-electron chi connectivity index (χ1n) is 18.3. The number of rotatable bonds is 3. The number of amides is 2. The van der Waals surface area contributed by atoms with Gasteiger partial charge in [0.15, 0.2) is 11.2 Å². The van der Waals surface area contributed by atoms with E-state index in [0.29, 0.717) is 61.4 Å². The van der Waals surface area contributed by atoms with E-state index in [1.54, 1.807) is 47.6 Å². The summed E-state index contributed by atoms with van der Waals surface area (Å²) in [7, 11) is 0. The number of carbonyl (C=O) groups excluding carboxylic acids is 2. The summed E-state index contributed by atoms with van der Waals surface area (Å²) in [6.45, 7) is 17.4. The molecule has 0 radical (unpaired) electrons. The van der Waals surface area contributed by atoms with Crippen molar-refractivity contribution in [2.24, 2.45) is 0 Å². The van der Waals surface area contributed by atoms with Gasteiger partial charge in [0.1, 0.15) is 38.6 Å². The van der Waals surface area contributed by atoms with Gasteiger partial charge in [-0.15, -0.1) is 11.3 Å². The van der Waals surface area contributed by atoms with Crippen molar-refractivity contribution in [1.82, 2.24) is 24.8 Å². The van der Waals surface area contributed by atoms with Gasteiger partial charge >= 0.3 is 18.4 Å². The number of hydrogen-bond donors (Lipinski definition) is 0. The monoisotopic (exact) mass is 915 g/mol. The molecular weight excluding hydrogens is 874 g/mol. The molecule has 2 saturated heterocycles. The molecule has 2 aliphatic heterocycles. The fraction of sp³-hybridized carbons (Fsp3) is 0.500. The van der Waals surface area contributed by atoms with E-state index in [4.69, 9.17) is 29.9 Å². The second kappa shape index (κ2) is 16.4. The number of oxazole rings is 2. The minimum absolute atomic E-state index is 0.0164. The fourth-order valence-electron chi connectivity index (χ4n) is 6.51. The molecule has 7 rings (SSSR count). The molecule has 0 saturated carbocycles. The second-order valence-electron chi connectivity index (χ2n) is 16.0. The Labute approximate surface area is 349 Å². The van der Waals surface area contributed by atoms with Crippen LogP contribution in [0.15, 0.2) is 43.1 Å². The molecule has 5 heterocycles. The largest absolute Gasteiger partial charge is 0.444 e. The Hall–Kier alpha value is -4.36. The Morgan fingerprint density at radius 3 is 1.78 bits per heavy atom. The molecule has 0 aliphatic carbocycles. The predicted molar refractivity (Wildman–Crippen MR) is 216 cm³/mol. The summed E-state index contributed by atoms with van der Waals surface area (Å²) in [5.41, 5.74) is -1.88. The summed E-state index contributed by atoms with van der Waals surface area (Å²) in [5.74, 6) is -1.44. The molecule has 0 unspecified atom stereocenters. The van der Waals surface area contributed by atoms with Crippen molar-refractivity contribution < 1.29 is 45.5 Å². The number of benzene rings is 2. The standard InChI is InChI=1S/C21H22F4N4O3S.C17H21BrClN3O3/c1-11-10-28(19(30)32-20(2,3)4)6-7-29(11)18-27-13-9-12(22)15(21(23,24)25)14(16(13)31-18)17-26-5-8-33-17;1-10-9-21(16(23)25-17(2,3)4)5-6-22(10)15-20-13-8-11(19)7-12(18)14(13)24-15/h5,8-9,11H,6-7,10H2,1-4H3;7-8,10H,5-6,9H2,1-4H3/t11-;10-/m00/s1. The van der Waals surface area contributed by atoms with Crippen LogP contribution < -0.4 is 9.80 Å². The SMILES string of the molecule is C[C@H]1CN(C(=O)OC(C)(C)C)CCN1c1nc2cc(Cl)cc(Br)c2o1.C[C@H]1CN(C(=O)OC(C)(C)C)CCN1c1nc2cc(F)c(C(F)(F)F)c(-c3nccs3)c2o1. The van der Waals surface area contributed by atoms with Crippen LogP contribution in [-0.2, 0) is 15.7 Å². The maximum atomic E-state index is 14.6. The lowest BCUT2D eigenvalue weighted by atomic mass is 10.1. The Kier molecular flexibility index (Phi) is 12.2. The molecule has 5 aromatic rings. The molecule has 3 aromatic heterocycles. The number of thiazole rings is 1. The lowest BCUT2D eigenvalue weighted by molar-refractivity contribution is -0.139. The van der Waals surface area contributed by atoms with Crippen LogP contribution in [0.2, 0.25) is 5.02 Å². The number of aromatic nitrogens is 3. The summed E-state index contributed by atoms with van der Waals surface area (Å²) < 4.78 is 79.0. The van der Waals surface area contributed by atoms with Crippen LogP contribution in [-0.4, -0.2) is 99.5 Å². The van der Waals surface area contributed by atoms with Gasteiger partial charge < -0.3 is 37.9 Å². The minimum atomic E-state index is -4.95. The van der Waals surface area contributed by atoms with E-state index in [0.717, 1.165) is 21.9 Å². The highest BCUT2D eigenvalue weighted by molar-refractivity contribution is 9.10. The van der Waals surface area contributed by atoms with E-state index < -0.39 is 40.4 Å². The Morgan fingerprint density at radius 2 is 1.33 bits per heavy atom. The summed E-state index contributed by atoms with van der Waals surface area (Å²) in [5, 5.41) is 2.08. The lowest BCUT2D eigenvalue weighted by Gasteiger charge is -2.39. The number of fused-ring (bicyclic) bond motifs is 2. The van der Waals surface area contributed by atoms with Crippen molar-refractivity contribution in [3.8, 4) is 10.6 Å². The number of carbonyl (C=O) groups is 2. The van der Waals surface area contributed by atoms with Gasteiger partial charge in [0, 0.05) is 74.0 Å². The van der Waals surface area contributed by atoms with Gasteiger partial charge in [-0.1, -0.05) is 11.6 Å². The van der Waals surface area contributed by atoms with Crippen molar-refractivity contribution in [2.45, 2.75) is 84.9 Å². The van der Waals surface area contributed by atoms with Crippen LogP contribution in [0.1, 0.15) is 61.0 Å². The van der Waals surface area contributed by atoms with Crippen molar-refractivity contribution in [2.75, 3.05) is 49.1 Å². The van der Waals surface area contributed by atoms with Crippen LogP contribution in [0.5, 0.6) is 0 Å². The molecule has 2 aliphatic rings. The second-order valence-corrected chi connectivity index (χ2v) is 18.1. The third kappa shape index (κ3) is 9.73. The van der Waals surface area contributed by atoms with Crippen molar-refractivity contribution in [3.63, 3.8) is 0 Å². The number of nitrogens with zero attached hydrogens (tertiary/aromatic N) is 7. The summed E-state index contributed by atoms with van der Waals surface area (Å²) in [6.07, 6.45) is -4.34. The smallest absolute Gasteiger partial charge is 0.420 e. The van der Waals surface area contributed by atoms with Gasteiger partial charge in [-0.05, 0) is 83.5 Å². The van der Waals surface area contributed by atoms with E-state index >= 15 is 0 Å². The van der Waals surface area contributed by atoms with Crippen LogP contribution in [0.3, 0.4) is 0 Å². The van der Waals surface area contributed by atoms with Gasteiger partial charge in [-0.25, -0.2) is 19.0 Å². The topological polar surface area (TPSA) is 131 Å². The minimum Gasteiger partial charge on any atom is -0.444 e. The van der Waals surface area contributed by atoms with Crippen molar-refractivity contribution >= 4 is 85.3 Å². The summed E-state index contributed by atoms with van der Waals surface area (Å²) in [4.78, 5) is 44.5. The van der Waals surface area contributed by atoms with E-state index in [1.807, 2.05) is 34.6 Å². The van der Waals surface area contributed by atoms with Crippen LogP contribution in [0.25, 0.3) is 32.8 Å². The molecule has 20 heteroatoms. The van der Waals surface area contributed by atoms with Crippen LogP contribution in [0, 0.1) is 5.82 Å². The number of piperazine rings is 2. The van der Waals surface area contributed by atoms with Crippen LogP contribution in [0.4, 0.5) is 39.2 Å². The number of alkyl halides is 3. The number of halogens is 6. The molecule has 0 N–H and O–H groups in total. The maximum Gasteiger partial charge on any atom is 0.420 e. The van der Waals surface area contributed by atoms with Gasteiger partial charge in [0.05, 0.1) is 10.0 Å². The average molecular weight is 917 g/mol. The Morgan fingerprint density at radius 1 is 0.828 bits per heavy atom. The molecule has 314 valence electrons. The first-order valence-corrected chi connectivity index (χ1v) is 20.4. The molecule has 0 bridgehead atoms. The first-order chi connectivity index (χ1) is 27.0. The third-order valence-corrected chi connectivity index (χ3v) is 10.6. The Balaban J connectivity index is 0.000000203. The normalized spacial score (nSPS) is 18.1. The zero-order valence-electron chi connectivity index (χ0n) is 33.0. The summed E-state index contributed by atoms with van der Waals surface area (Å²) in [6, 6.07) is 4.66. The van der Waals surface area contributed by atoms with E-state index in [2.05, 4.69) is 35.8 Å². The fourth-order valence-corrected chi connectivity index (χ4v) is 8.07. The molecule has 2 aromatic carbocycles. The van der Waals surface area contributed by atoms with Gasteiger partial charge in [0.25, 0.3) is 12.0 Å². The molecule has 0 spiro atoms. The predicted octanol–water partition coefficient (Wildman–Crippen LogP) is 10.2. The van der Waals surface area contributed by atoms with Crippen LogP contribution >= 0.6 is 38.9 Å². The molecule has 2 fully saturated rings. The molecule has 58 heavy (non-hydrogen) atoms. The Bertz CT molecular complexity index is 2290. The molecular formula is C38H43BrClF4N7O6S. The van der Waals surface area contributed by atoms with Gasteiger partial charge in [0.2, 0.25) is 0 Å². The molecule has 2 atom stereocenters. The number of ether oxygens (including phenoxy) is 2. The maximum absolute atomic E-state index is 14.6. The zero-order chi connectivity index (χ0) is 42.5. The van der Waals surface area contributed by atoms with Crippen molar-refractivity contribution in [3.05, 3.63) is 50.7 Å². The van der Waals surface area contributed by atoms with E-state index in [9.17, 15) is 27.2 Å². The van der Waals surface area contributed by atoms with Gasteiger partial charge in [-0.3, -0.25) is 0 Å². The van der Waals surface area contributed by atoms with Gasteiger partial charge in [-0.2, -0.15) is 23.1 Å². The van der Waals surface area contributed by atoms with Crippen molar-refractivity contribution in [1.29, 1.82) is 0 Å². The highest BCUT2D eigenvalue weighted by Gasteiger charge is 2.41. The quantitative estimate of drug-likeness (QED) is 0.160. The zero-order valence-corrected chi connectivity index (χ0v) is 36.2. The third-order valence-electron chi connectivity index (χ3n) is 9.00. The summed E-state index contributed by atoms with van der Waals surface area (Å²) >= 11 is 10.5. The molecule has 13 nitrogen and oxygen atoms in total. The molecule has 2 amide bonds.